The zero-order valence-electron chi connectivity index (χ0n) is 59.3. The number of carbonyl (C=O) groups excluding carboxylic acids is 12. The average molecular weight is 1400 g/mol. The van der Waals surface area contributed by atoms with Crippen molar-refractivity contribution < 1.29 is 70.7 Å². The fourth-order valence-electron chi connectivity index (χ4n) is 15.2. The lowest BCUT2D eigenvalue weighted by atomic mass is 9.78. The van der Waals surface area contributed by atoms with Gasteiger partial charge in [0.15, 0.2) is 0 Å². The van der Waals surface area contributed by atoms with Crippen LogP contribution in [-0.2, 0) is 70.1 Å². The third kappa shape index (κ3) is 18.9. The predicted molar refractivity (Wildman–Crippen MR) is 360 cm³/mol. The van der Waals surface area contributed by atoms with Crippen LogP contribution in [-0.4, -0.2) is 251 Å². The second-order valence-corrected chi connectivity index (χ2v) is 29.4. The minimum Gasteiger partial charge on any atom is -0.343 e. The maximum absolute atomic E-state index is 15.4. The second-order valence-electron chi connectivity index (χ2n) is 29.0. The largest absolute Gasteiger partial charge is 0.417 e. The molecule has 1 aromatic carbocycles. The highest BCUT2D eigenvalue weighted by Gasteiger charge is 2.51. The Morgan fingerprint density at radius 2 is 1.26 bits per heavy atom. The summed E-state index contributed by atoms with van der Waals surface area (Å²) in [7, 11) is 9.93. The lowest BCUT2D eigenvalue weighted by Crippen LogP contribution is -2.65. The number of alkyl halides is 3. The molecule has 8 atom stereocenters. The maximum Gasteiger partial charge on any atom is 0.417 e. The van der Waals surface area contributed by atoms with Crippen LogP contribution in [0.25, 0.3) is 0 Å². The lowest BCUT2D eigenvalue weighted by molar-refractivity contribution is -0.156. The van der Waals surface area contributed by atoms with E-state index < -0.39 is 173 Å². The van der Waals surface area contributed by atoms with Crippen LogP contribution in [0.15, 0.2) is 18.2 Å². The zero-order valence-corrected chi connectivity index (χ0v) is 60.1. The summed E-state index contributed by atoms with van der Waals surface area (Å²) < 4.78 is 41.5. The van der Waals surface area contributed by atoms with Gasteiger partial charge >= 0.3 is 6.18 Å². The molecule has 546 valence electrons. The van der Waals surface area contributed by atoms with Gasteiger partial charge in [0.2, 0.25) is 70.9 Å². The molecular weight excluding hydrogens is 1290 g/mol. The van der Waals surface area contributed by atoms with Crippen molar-refractivity contribution in [3.63, 3.8) is 0 Å². The molecule has 3 aliphatic heterocycles. The monoisotopic (exact) mass is 1400 g/mol. The Balaban J connectivity index is 1.26. The summed E-state index contributed by atoms with van der Waals surface area (Å²) in [5, 5.41) is 8.14. The van der Waals surface area contributed by atoms with Gasteiger partial charge in [-0.1, -0.05) is 103 Å². The molecule has 98 heavy (non-hydrogen) atoms. The summed E-state index contributed by atoms with van der Waals surface area (Å²) in [6.45, 7) is 6.20. The fraction of sp³-hybridized carbons (Fsp3) is 0.743. The van der Waals surface area contributed by atoms with E-state index in [-0.39, 0.29) is 56.9 Å². The SMILES string of the molecule is CC[C@H](C)[C@@H]1NC(=O)[C@H](C2CCC2)N(C)C(=O)C[C@@H](C(=O)N2CCCCC2)N(C)C(=O)[C@H](C(C)C)N(C)C(=O)C2(CCCC2)NC(=O)C2CCCN2C(=O)[C@H](CCc2ccc(C(F)(F)F)c(Cl)c2)NC(=O)CN(C)C(=O)[C@H](CC2CCCCC2)N(C)C(=O)CN(C)C(=O)CN(C)C1=O. The van der Waals surface area contributed by atoms with E-state index in [9.17, 15) is 46.7 Å². The number of nitrogens with one attached hydrogen (secondary N) is 3. The van der Waals surface area contributed by atoms with Crippen LogP contribution in [0.2, 0.25) is 5.02 Å². The summed E-state index contributed by atoms with van der Waals surface area (Å²) in [6.07, 6.45) is 5.37. The third-order valence-electron chi connectivity index (χ3n) is 21.7. The van der Waals surface area contributed by atoms with E-state index in [1.54, 1.807) is 25.7 Å². The van der Waals surface area contributed by atoms with Crippen molar-refractivity contribution in [3.05, 3.63) is 34.3 Å². The fourth-order valence-corrected chi connectivity index (χ4v) is 15.5. The van der Waals surface area contributed by atoms with E-state index in [2.05, 4.69) is 16.0 Å². The molecule has 0 radical (unpaired) electrons. The molecule has 1 spiro atoms. The Labute approximate surface area is 580 Å². The van der Waals surface area contributed by atoms with Crippen LogP contribution in [0, 0.1) is 23.7 Å². The summed E-state index contributed by atoms with van der Waals surface area (Å²) in [5.74, 6) is -9.11. The van der Waals surface area contributed by atoms with Gasteiger partial charge in [0, 0.05) is 69.0 Å². The molecule has 28 heteroatoms. The van der Waals surface area contributed by atoms with E-state index in [4.69, 9.17) is 11.6 Å². The summed E-state index contributed by atoms with van der Waals surface area (Å²) in [5.41, 5.74) is -2.35. The molecule has 0 aromatic heterocycles. The second kappa shape index (κ2) is 34.3. The number of carbonyl (C=O) groups is 12. The maximum atomic E-state index is 15.4. The molecule has 3 heterocycles. The van der Waals surface area contributed by atoms with Crippen LogP contribution >= 0.6 is 11.6 Å². The topological polar surface area (TPSA) is 270 Å². The highest BCUT2D eigenvalue weighted by atomic mass is 35.5. The molecule has 0 bridgehead atoms. The number of benzene rings is 1. The van der Waals surface area contributed by atoms with Crippen molar-refractivity contribution in [2.45, 2.75) is 223 Å². The van der Waals surface area contributed by atoms with Gasteiger partial charge in [-0.25, -0.2) is 0 Å². The first-order valence-electron chi connectivity index (χ1n) is 35.4. The Kier molecular flexibility index (Phi) is 27.4. The van der Waals surface area contributed by atoms with Crippen LogP contribution in [0.3, 0.4) is 0 Å². The van der Waals surface area contributed by atoms with Crippen molar-refractivity contribution in [1.82, 2.24) is 60.0 Å². The number of piperidine rings is 1. The van der Waals surface area contributed by atoms with Crippen LogP contribution in [0.1, 0.15) is 174 Å². The number of halogens is 4. The molecule has 12 amide bonds. The van der Waals surface area contributed by atoms with E-state index in [1.165, 1.54) is 79.9 Å². The average Bonchev–Trinajstić information content (AvgIpc) is 1.43. The molecule has 1 aromatic rings. The highest BCUT2D eigenvalue weighted by molar-refractivity contribution is 6.31. The zero-order chi connectivity index (χ0) is 72.2. The Morgan fingerprint density at radius 1 is 0.633 bits per heavy atom. The van der Waals surface area contributed by atoms with Crippen LogP contribution in [0.4, 0.5) is 13.2 Å². The molecule has 3 saturated carbocycles. The van der Waals surface area contributed by atoms with E-state index in [0.29, 0.717) is 70.0 Å². The van der Waals surface area contributed by atoms with Crippen molar-refractivity contribution in [2.75, 3.05) is 88.6 Å². The van der Waals surface area contributed by atoms with Crippen molar-refractivity contribution in [1.29, 1.82) is 0 Å². The lowest BCUT2D eigenvalue weighted by Gasteiger charge is -2.42. The first-order chi connectivity index (χ1) is 46.2. The molecule has 3 N–H and O–H groups in total. The summed E-state index contributed by atoms with van der Waals surface area (Å²) in [4.78, 5) is 189. The van der Waals surface area contributed by atoms with Crippen molar-refractivity contribution >= 4 is 82.5 Å². The van der Waals surface area contributed by atoms with Crippen molar-refractivity contribution in [2.24, 2.45) is 23.7 Å². The normalized spacial score (nSPS) is 27.0. The number of hydrogen-bond donors (Lipinski definition) is 3. The van der Waals surface area contributed by atoms with Gasteiger partial charge in [-0.3, -0.25) is 57.5 Å². The molecule has 6 aliphatic rings. The van der Waals surface area contributed by atoms with Gasteiger partial charge < -0.3 is 60.0 Å². The van der Waals surface area contributed by atoms with Gasteiger partial charge in [0.1, 0.15) is 47.8 Å². The van der Waals surface area contributed by atoms with Gasteiger partial charge in [-0.15, -0.1) is 0 Å². The first kappa shape index (κ1) is 78.3. The van der Waals surface area contributed by atoms with Gasteiger partial charge in [-0.05, 0) is 118 Å². The molecule has 7 rings (SSSR count). The Bertz CT molecular complexity index is 3080. The summed E-state index contributed by atoms with van der Waals surface area (Å²) >= 11 is 6.14. The van der Waals surface area contributed by atoms with Crippen molar-refractivity contribution in [3.8, 4) is 0 Å². The minimum atomic E-state index is -4.76. The van der Waals surface area contributed by atoms with Crippen LogP contribution in [0.5, 0.6) is 0 Å². The van der Waals surface area contributed by atoms with Crippen LogP contribution < -0.4 is 16.0 Å². The van der Waals surface area contributed by atoms with Gasteiger partial charge in [0.05, 0.1) is 36.6 Å². The van der Waals surface area contributed by atoms with E-state index >= 15 is 24.0 Å². The molecule has 3 saturated heterocycles. The number of amides is 12. The molecular formula is C70H106ClF3N12O12. The highest BCUT2D eigenvalue weighted by Crippen LogP contribution is 2.38. The standard InChI is InChI=1S/C70H106ClF3N12O12/c1-12-44(4)58-66(96)80(7)41-56(89)78(5)42-57(90)81(8)52(38-45-23-15-13-16-24-45)64(94)79(6)40-54(87)75-50(31-29-46-28-30-48(49(71)37-46)70(72,73)74)63(93)86-36-22-27-51(86)61(91)77-69(32-17-18-33-69)68(98)84(11)59(43(2)3)67(97)82(9)53(65(95)85-34-19-14-20-35-85)39-55(88)83(10)60(62(92)76-58)47-25-21-26-47/h28,30,37,43-45,47,50-53,58-60H,12-27,29,31-36,38-42H2,1-11H3,(H,75,87)(H,76,92)(H,77,91)/t44-,50-,51?,52-,53-,58-,59-,60-/m0/s1. The smallest absolute Gasteiger partial charge is 0.343 e. The third-order valence-corrected chi connectivity index (χ3v) is 22.0. The number of likely N-dealkylation sites (N-methyl/N-ethyl adjacent to an activating group) is 7. The Hall–Kier alpha value is -7.06. The van der Waals surface area contributed by atoms with Gasteiger partial charge in [-0.2, -0.15) is 13.2 Å². The van der Waals surface area contributed by atoms with Gasteiger partial charge in [0.25, 0.3) is 0 Å². The molecule has 24 nitrogen and oxygen atoms in total. The number of nitrogens with zero attached hydrogens (tertiary/aromatic N) is 9. The van der Waals surface area contributed by atoms with E-state index in [1.807, 2.05) is 6.92 Å². The molecule has 3 aliphatic carbocycles. The predicted octanol–water partition coefficient (Wildman–Crippen LogP) is 5.25. The quantitative estimate of drug-likeness (QED) is 0.271. The first-order valence-corrected chi connectivity index (χ1v) is 35.7. The minimum absolute atomic E-state index is 0.0216. The number of fused-ring (bicyclic) bond motifs is 1. The molecule has 6 fully saturated rings. The number of rotatable bonds is 10. The van der Waals surface area contributed by atoms with E-state index in [0.717, 1.165) is 71.8 Å². The number of hydrogen-bond acceptors (Lipinski definition) is 12. The Morgan fingerprint density at radius 3 is 1.85 bits per heavy atom. The number of likely N-dealkylation sites (tertiary alicyclic amines) is 1. The number of aryl methyl sites for hydroxylation is 1. The summed E-state index contributed by atoms with van der Waals surface area (Å²) in [6, 6.07) is -5.52. The molecule has 1 unspecified atom stereocenters.